The van der Waals surface area contributed by atoms with Gasteiger partial charge in [0.05, 0.1) is 21.3 Å². The maximum absolute atomic E-state index is 6.20. The van der Waals surface area contributed by atoms with Gasteiger partial charge in [-0.1, -0.05) is 35.4 Å². The second-order valence-electron chi connectivity index (χ2n) is 4.06. The first kappa shape index (κ1) is 15.5. The van der Waals surface area contributed by atoms with E-state index in [0.717, 1.165) is 10.0 Å². The van der Waals surface area contributed by atoms with Crippen molar-refractivity contribution in [1.29, 1.82) is 0 Å². The van der Waals surface area contributed by atoms with Crippen LogP contribution in [0.5, 0.6) is 0 Å². The van der Waals surface area contributed by atoms with Crippen LogP contribution in [0.2, 0.25) is 10.0 Å². The Hall–Kier alpha value is -0.880. The third-order valence-electron chi connectivity index (χ3n) is 2.69. The summed E-state index contributed by atoms with van der Waals surface area (Å²) in [5, 5.41) is 3.95. The molecule has 0 saturated carbocycles. The van der Waals surface area contributed by atoms with Gasteiger partial charge in [-0.05, 0) is 46.6 Å². The molecule has 2 rings (SSSR count). The Morgan fingerprint density at radius 1 is 1.30 bits per heavy atom. The maximum atomic E-state index is 6.20. The van der Waals surface area contributed by atoms with Crippen molar-refractivity contribution < 1.29 is 0 Å². The second kappa shape index (κ2) is 6.26. The van der Waals surface area contributed by atoms with Crippen molar-refractivity contribution in [2.45, 2.75) is 6.92 Å². The third kappa shape index (κ3) is 3.06. The van der Waals surface area contributed by atoms with Gasteiger partial charge in [0.2, 0.25) is 0 Å². The van der Waals surface area contributed by atoms with Crippen molar-refractivity contribution in [3.8, 4) is 0 Å². The number of benzene rings is 1. The molecule has 1 aromatic carbocycles. The average Bonchev–Trinajstić information content (AvgIpc) is 2.39. The van der Waals surface area contributed by atoms with E-state index in [4.69, 9.17) is 41.2 Å². The van der Waals surface area contributed by atoms with E-state index in [1.165, 1.54) is 0 Å². The summed E-state index contributed by atoms with van der Waals surface area (Å²) in [5.74, 6) is 0.554. The molecule has 1 aromatic heterocycles. The number of halogens is 3. The monoisotopic (exact) mass is 389 g/mol. The summed E-state index contributed by atoms with van der Waals surface area (Å²) in [6.45, 7) is 1.91. The number of hydrogen-bond acceptors (Lipinski definition) is 3. The zero-order valence-corrected chi connectivity index (χ0v) is 14.3. The first-order valence-corrected chi connectivity index (χ1v) is 7.53. The van der Waals surface area contributed by atoms with E-state index in [1.54, 1.807) is 18.3 Å². The van der Waals surface area contributed by atoms with E-state index in [0.29, 0.717) is 27.1 Å². The standard InChI is InChI=1S/C13H10BrCl2N3S/c1-6-4-5-18-13(9(6)12(17)20)19-8-3-2-7(14)10(15)11(8)16/h2-5H,1H3,(H2,17,20)(H,18,19). The van der Waals surface area contributed by atoms with Crippen LogP contribution < -0.4 is 11.1 Å². The van der Waals surface area contributed by atoms with Gasteiger partial charge in [0, 0.05) is 10.7 Å². The largest absolute Gasteiger partial charge is 0.389 e. The molecule has 0 amide bonds. The van der Waals surface area contributed by atoms with Gasteiger partial charge in [0.15, 0.2) is 0 Å². The van der Waals surface area contributed by atoms with Crippen molar-refractivity contribution in [2.24, 2.45) is 5.73 Å². The van der Waals surface area contributed by atoms with Crippen LogP contribution in [0.4, 0.5) is 11.5 Å². The lowest BCUT2D eigenvalue weighted by Gasteiger charge is -2.14. The lowest BCUT2D eigenvalue weighted by Crippen LogP contribution is -2.14. The SMILES string of the molecule is Cc1ccnc(Nc2ccc(Br)c(Cl)c2Cl)c1C(N)=S. The van der Waals surface area contributed by atoms with Crippen molar-refractivity contribution in [2.75, 3.05) is 5.32 Å². The van der Waals surface area contributed by atoms with Crippen LogP contribution >= 0.6 is 51.3 Å². The number of anilines is 2. The first-order valence-electron chi connectivity index (χ1n) is 5.57. The van der Waals surface area contributed by atoms with Gasteiger partial charge in [-0.15, -0.1) is 0 Å². The van der Waals surface area contributed by atoms with Crippen LogP contribution in [0.3, 0.4) is 0 Å². The topological polar surface area (TPSA) is 50.9 Å². The smallest absolute Gasteiger partial charge is 0.140 e. The lowest BCUT2D eigenvalue weighted by atomic mass is 10.1. The molecular weight excluding hydrogens is 381 g/mol. The van der Waals surface area contributed by atoms with Gasteiger partial charge >= 0.3 is 0 Å². The Balaban J connectivity index is 2.48. The van der Waals surface area contributed by atoms with Crippen LogP contribution in [0.25, 0.3) is 0 Å². The number of pyridine rings is 1. The van der Waals surface area contributed by atoms with Crippen molar-refractivity contribution >= 4 is 67.8 Å². The summed E-state index contributed by atoms with van der Waals surface area (Å²) >= 11 is 20.7. The lowest BCUT2D eigenvalue weighted by molar-refractivity contribution is 1.26. The predicted molar refractivity (Wildman–Crippen MR) is 92.3 cm³/mol. The number of nitrogens with one attached hydrogen (secondary N) is 1. The zero-order valence-electron chi connectivity index (χ0n) is 10.4. The molecule has 0 atom stereocenters. The first-order chi connectivity index (χ1) is 9.41. The Morgan fingerprint density at radius 3 is 2.65 bits per heavy atom. The molecule has 0 bridgehead atoms. The van der Waals surface area contributed by atoms with Crippen LogP contribution in [0, 0.1) is 6.92 Å². The van der Waals surface area contributed by atoms with Gasteiger partial charge < -0.3 is 11.1 Å². The molecule has 3 nitrogen and oxygen atoms in total. The van der Waals surface area contributed by atoms with Crippen molar-refractivity contribution in [3.63, 3.8) is 0 Å². The number of thiocarbonyl (C=S) groups is 1. The number of hydrogen-bond donors (Lipinski definition) is 2. The quantitative estimate of drug-likeness (QED) is 0.581. The molecule has 3 N–H and O–H groups in total. The predicted octanol–water partition coefficient (Wildman–Crippen LogP) is 4.84. The highest BCUT2D eigenvalue weighted by Crippen LogP contribution is 2.37. The molecule has 0 spiro atoms. The molecule has 7 heteroatoms. The number of rotatable bonds is 3. The summed E-state index contributed by atoms with van der Waals surface area (Å²) in [6.07, 6.45) is 1.67. The molecule has 0 unspecified atom stereocenters. The van der Waals surface area contributed by atoms with Crippen molar-refractivity contribution in [3.05, 3.63) is 50.0 Å². The summed E-state index contributed by atoms with van der Waals surface area (Å²) < 4.78 is 0.724. The number of aromatic nitrogens is 1. The van der Waals surface area contributed by atoms with E-state index in [9.17, 15) is 0 Å². The van der Waals surface area contributed by atoms with Gasteiger partial charge in [0.25, 0.3) is 0 Å². The highest BCUT2D eigenvalue weighted by Gasteiger charge is 2.13. The van der Waals surface area contributed by atoms with Crippen LogP contribution in [-0.4, -0.2) is 9.97 Å². The molecular formula is C13H10BrCl2N3S. The zero-order chi connectivity index (χ0) is 14.9. The summed E-state index contributed by atoms with van der Waals surface area (Å²) in [4.78, 5) is 4.53. The van der Waals surface area contributed by atoms with Gasteiger partial charge in [-0.3, -0.25) is 0 Å². The highest BCUT2D eigenvalue weighted by atomic mass is 79.9. The fourth-order valence-electron chi connectivity index (χ4n) is 1.71. The average molecular weight is 391 g/mol. The summed E-state index contributed by atoms with van der Waals surface area (Å²) in [7, 11) is 0. The molecule has 20 heavy (non-hydrogen) atoms. The summed E-state index contributed by atoms with van der Waals surface area (Å²) in [6, 6.07) is 5.44. The minimum absolute atomic E-state index is 0.275. The number of nitrogens with two attached hydrogens (primary N) is 1. The van der Waals surface area contributed by atoms with E-state index in [2.05, 4.69) is 26.2 Å². The molecule has 0 radical (unpaired) electrons. The summed E-state index contributed by atoms with van der Waals surface area (Å²) in [5.41, 5.74) is 8.01. The highest BCUT2D eigenvalue weighted by molar-refractivity contribution is 9.10. The number of nitrogens with zero attached hydrogens (tertiary/aromatic N) is 1. The molecule has 0 fully saturated rings. The van der Waals surface area contributed by atoms with E-state index < -0.39 is 0 Å². The van der Waals surface area contributed by atoms with E-state index >= 15 is 0 Å². The Kier molecular flexibility index (Phi) is 4.86. The molecule has 104 valence electrons. The van der Waals surface area contributed by atoms with E-state index in [1.807, 2.05) is 13.0 Å². The van der Waals surface area contributed by atoms with Crippen LogP contribution in [0.15, 0.2) is 28.9 Å². The third-order valence-corrected chi connectivity index (χ3v) is 4.67. The van der Waals surface area contributed by atoms with Gasteiger partial charge in [-0.25, -0.2) is 4.98 Å². The fraction of sp³-hybridized carbons (Fsp3) is 0.0769. The molecule has 1 heterocycles. The van der Waals surface area contributed by atoms with Crippen LogP contribution in [0.1, 0.15) is 11.1 Å². The molecule has 0 aliphatic rings. The molecule has 0 aliphatic carbocycles. The minimum Gasteiger partial charge on any atom is -0.389 e. The molecule has 0 aliphatic heterocycles. The maximum Gasteiger partial charge on any atom is 0.140 e. The second-order valence-corrected chi connectivity index (χ2v) is 6.11. The van der Waals surface area contributed by atoms with E-state index in [-0.39, 0.29) is 4.99 Å². The minimum atomic E-state index is 0.275. The Bertz CT molecular complexity index is 692. The van der Waals surface area contributed by atoms with Crippen molar-refractivity contribution in [1.82, 2.24) is 4.98 Å². The number of aryl methyl sites for hydroxylation is 1. The Labute approximate surface area is 140 Å². The van der Waals surface area contributed by atoms with Gasteiger partial charge in [0.1, 0.15) is 10.8 Å². The van der Waals surface area contributed by atoms with Crippen LogP contribution in [-0.2, 0) is 0 Å². The Morgan fingerprint density at radius 2 is 2.00 bits per heavy atom. The van der Waals surface area contributed by atoms with Gasteiger partial charge in [-0.2, -0.15) is 0 Å². The fourth-order valence-corrected chi connectivity index (χ4v) is 2.79. The molecule has 0 saturated heterocycles. The normalized spacial score (nSPS) is 10.4. The molecule has 2 aromatic rings.